The minimum absolute atomic E-state index is 0.113. The molecular weight excluding hydrogens is 252 g/mol. The summed E-state index contributed by atoms with van der Waals surface area (Å²) in [6, 6.07) is 8.60. The molecule has 1 aliphatic rings. The van der Waals surface area contributed by atoms with Gasteiger partial charge < -0.3 is 14.7 Å². The second-order valence-corrected chi connectivity index (χ2v) is 5.01. The van der Waals surface area contributed by atoms with Crippen molar-refractivity contribution < 1.29 is 4.52 Å². The van der Waals surface area contributed by atoms with Crippen LogP contribution in [0.1, 0.15) is 36.9 Å². The lowest BCUT2D eigenvalue weighted by Crippen LogP contribution is -2.29. The standard InChI is InChI=1S/C15H20N4O/c1-3-19(4-2)15-17-14(20-18-15)13-9-11-7-5-6-8-12(11)10-16-13/h5-8,13,16H,3-4,9-10H2,1-2H3/t13-/m1/s1. The van der Waals surface area contributed by atoms with Gasteiger partial charge in [0.2, 0.25) is 5.89 Å². The van der Waals surface area contributed by atoms with Gasteiger partial charge in [0.1, 0.15) is 0 Å². The van der Waals surface area contributed by atoms with E-state index in [4.69, 9.17) is 4.52 Å². The van der Waals surface area contributed by atoms with E-state index < -0.39 is 0 Å². The maximum Gasteiger partial charge on any atom is 0.266 e. The molecule has 20 heavy (non-hydrogen) atoms. The van der Waals surface area contributed by atoms with E-state index in [1.807, 2.05) is 0 Å². The lowest BCUT2D eigenvalue weighted by atomic mass is 9.96. The average molecular weight is 272 g/mol. The Kier molecular flexibility index (Phi) is 3.69. The van der Waals surface area contributed by atoms with Gasteiger partial charge in [-0.1, -0.05) is 24.3 Å². The predicted octanol–water partition coefficient (Wildman–Crippen LogP) is 2.30. The summed E-state index contributed by atoms with van der Waals surface area (Å²) >= 11 is 0. The first-order chi connectivity index (χ1) is 9.81. The Morgan fingerprint density at radius 1 is 1.25 bits per heavy atom. The first-order valence-corrected chi connectivity index (χ1v) is 7.20. The van der Waals surface area contributed by atoms with Crippen LogP contribution in [0.5, 0.6) is 0 Å². The molecule has 0 fully saturated rings. The zero-order valence-electron chi connectivity index (χ0n) is 12.0. The third kappa shape index (κ3) is 2.41. The van der Waals surface area contributed by atoms with E-state index in [9.17, 15) is 0 Å². The Bertz CT molecular complexity index is 577. The van der Waals surface area contributed by atoms with Gasteiger partial charge in [0.15, 0.2) is 0 Å². The van der Waals surface area contributed by atoms with Crippen molar-refractivity contribution >= 4 is 5.95 Å². The largest absolute Gasteiger partial charge is 0.339 e. The fourth-order valence-electron chi connectivity index (χ4n) is 2.63. The number of benzene rings is 1. The highest BCUT2D eigenvalue weighted by atomic mass is 16.5. The molecule has 0 unspecified atom stereocenters. The first kappa shape index (κ1) is 13.1. The molecule has 3 rings (SSSR count). The van der Waals surface area contributed by atoms with Crippen LogP contribution in [0.4, 0.5) is 5.95 Å². The summed E-state index contributed by atoms with van der Waals surface area (Å²) in [5, 5.41) is 7.55. The number of hydrogen-bond donors (Lipinski definition) is 1. The van der Waals surface area contributed by atoms with E-state index in [0.717, 1.165) is 26.1 Å². The van der Waals surface area contributed by atoms with Crippen LogP contribution in [0.2, 0.25) is 0 Å². The molecule has 2 heterocycles. The molecule has 1 N–H and O–H groups in total. The van der Waals surface area contributed by atoms with Gasteiger partial charge in [-0.2, -0.15) is 4.98 Å². The second-order valence-electron chi connectivity index (χ2n) is 5.01. The van der Waals surface area contributed by atoms with Gasteiger partial charge in [0, 0.05) is 19.6 Å². The topological polar surface area (TPSA) is 54.2 Å². The van der Waals surface area contributed by atoms with E-state index in [-0.39, 0.29) is 6.04 Å². The number of hydrogen-bond acceptors (Lipinski definition) is 5. The van der Waals surface area contributed by atoms with E-state index in [1.54, 1.807) is 0 Å². The number of aromatic nitrogens is 2. The number of nitrogens with zero attached hydrogens (tertiary/aromatic N) is 3. The first-order valence-electron chi connectivity index (χ1n) is 7.20. The van der Waals surface area contributed by atoms with Crippen molar-refractivity contribution in [3.63, 3.8) is 0 Å². The normalized spacial score (nSPS) is 17.8. The van der Waals surface area contributed by atoms with Gasteiger partial charge in [-0.25, -0.2) is 0 Å². The molecule has 5 nitrogen and oxygen atoms in total. The maximum atomic E-state index is 5.44. The fraction of sp³-hybridized carbons (Fsp3) is 0.467. The second kappa shape index (κ2) is 5.63. The molecule has 1 aromatic heterocycles. The smallest absolute Gasteiger partial charge is 0.266 e. The quantitative estimate of drug-likeness (QED) is 0.925. The number of nitrogens with one attached hydrogen (secondary N) is 1. The summed E-state index contributed by atoms with van der Waals surface area (Å²) in [7, 11) is 0. The highest BCUT2D eigenvalue weighted by molar-refractivity contribution is 5.32. The zero-order valence-corrected chi connectivity index (χ0v) is 12.0. The van der Waals surface area contributed by atoms with E-state index in [0.29, 0.717) is 11.8 Å². The summed E-state index contributed by atoms with van der Waals surface area (Å²) in [4.78, 5) is 6.62. The van der Waals surface area contributed by atoms with Crippen LogP contribution in [0.15, 0.2) is 28.8 Å². The van der Waals surface area contributed by atoms with E-state index in [2.05, 4.69) is 58.5 Å². The lowest BCUT2D eigenvalue weighted by Gasteiger charge is -2.23. The Morgan fingerprint density at radius 2 is 2.00 bits per heavy atom. The van der Waals surface area contributed by atoms with Crippen molar-refractivity contribution in [2.24, 2.45) is 0 Å². The molecule has 0 amide bonds. The summed E-state index contributed by atoms with van der Waals surface area (Å²) < 4.78 is 5.44. The third-order valence-corrected chi connectivity index (χ3v) is 3.86. The van der Waals surface area contributed by atoms with Gasteiger partial charge in [0.05, 0.1) is 6.04 Å². The van der Waals surface area contributed by atoms with Crippen LogP contribution >= 0.6 is 0 Å². The van der Waals surface area contributed by atoms with Crippen LogP contribution in [0, 0.1) is 0 Å². The van der Waals surface area contributed by atoms with Crippen molar-refractivity contribution in [2.75, 3.05) is 18.0 Å². The molecule has 0 spiro atoms. The Balaban J connectivity index is 1.78. The van der Waals surface area contributed by atoms with Gasteiger partial charge in [0.25, 0.3) is 5.95 Å². The SMILES string of the molecule is CCN(CC)c1noc([C@H]2Cc3ccccc3CN2)n1. The Morgan fingerprint density at radius 3 is 2.75 bits per heavy atom. The van der Waals surface area contributed by atoms with Gasteiger partial charge in [-0.3, -0.25) is 0 Å². The molecule has 2 aromatic rings. The zero-order chi connectivity index (χ0) is 13.9. The number of anilines is 1. The van der Waals surface area contributed by atoms with Gasteiger partial charge >= 0.3 is 0 Å². The molecule has 0 bridgehead atoms. The van der Waals surface area contributed by atoms with E-state index in [1.165, 1.54) is 11.1 Å². The molecule has 106 valence electrons. The summed E-state index contributed by atoms with van der Waals surface area (Å²) in [5.41, 5.74) is 2.71. The highest BCUT2D eigenvalue weighted by Crippen LogP contribution is 2.25. The van der Waals surface area contributed by atoms with Crippen LogP contribution in [0.3, 0.4) is 0 Å². The fourth-order valence-corrected chi connectivity index (χ4v) is 2.63. The highest BCUT2D eigenvalue weighted by Gasteiger charge is 2.24. The maximum absolute atomic E-state index is 5.44. The van der Waals surface area contributed by atoms with Crippen molar-refractivity contribution in [3.05, 3.63) is 41.3 Å². The minimum Gasteiger partial charge on any atom is -0.339 e. The lowest BCUT2D eigenvalue weighted by molar-refractivity contribution is 0.321. The molecular formula is C15H20N4O. The summed E-state index contributed by atoms with van der Waals surface area (Å²) in [6.07, 6.45) is 0.899. The number of rotatable bonds is 4. The molecule has 5 heteroatoms. The van der Waals surface area contributed by atoms with Crippen LogP contribution in [-0.2, 0) is 13.0 Å². The minimum atomic E-state index is 0.113. The van der Waals surface area contributed by atoms with E-state index >= 15 is 0 Å². The molecule has 1 atom stereocenters. The van der Waals surface area contributed by atoms with Gasteiger partial charge in [-0.15, -0.1) is 0 Å². The third-order valence-electron chi connectivity index (χ3n) is 3.86. The van der Waals surface area contributed by atoms with Gasteiger partial charge in [-0.05, 0) is 36.6 Å². The Labute approximate surface area is 119 Å². The number of fused-ring (bicyclic) bond motifs is 1. The monoisotopic (exact) mass is 272 g/mol. The summed E-state index contributed by atoms with van der Waals surface area (Å²) in [6.45, 7) is 6.81. The molecule has 0 saturated carbocycles. The average Bonchev–Trinajstić information content (AvgIpc) is 2.98. The molecule has 0 aliphatic carbocycles. The Hall–Kier alpha value is -1.88. The molecule has 1 aromatic carbocycles. The molecule has 0 radical (unpaired) electrons. The van der Waals surface area contributed by atoms with Crippen LogP contribution in [0.25, 0.3) is 0 Å². The van der Waals surface area contributed by atoms with Crippen LogP contribution in [-0.4, -0.2) is 23.2 Å². The van der Waals surface area contributed by atoms with Crippen molar-refractivity contribution in [1.82, 2.24) is 15.5 Å². The van der Waals surface area contributed by atoms with Crippen molar-refractivity contribution in [3.8, 4) is 0 Å². The summed E-state index contributed by atoms with van der Waals surface area (Å²) in [5.74, 6) is 1.37. The van der Waals surface area contributed by atoms with Crippen molar-refractivity contribution in [2.45, 2.75) is 32.9 Å². The van der Waals surface area contributed by atoms with Crippen molar-refractivity contribution in [1.29, 1.82) is 0 Å². The molecule has 0 saturated heterocycles. The predicted molar refractivity (Wildman–Crippen MR) is 77.6 cm³/mol. The van der Waals surface area contributed by atoms with Crippen LogP contribution < -0.4 is 10.2 Å². The molecule has 1 aliphatic heterocycles.